The number of rotatable bonds is 6. The van der Waals surface area contributed by atoms with E-state index < -0.39 is 0 Å². The summed E-state index contributed by atoms with van der Waals surface area (Å²) >= 11 is 0. The minimum absolute atomic E-state index is 0.0621. The Kier molecular flexibility index (Phi) is 4.35. The van der Waals surface area contributed by atoms with Crippen LogP contribution < -0.4 is 5.32 Å². The van der Waals surface area contributed by atoms with Crippen molar-refractivity contribution in [3.63, 3.8) is 0 Å². The number of hydrogen-bond donors (Lipinski definition) is 1. The van der Waals surface area contributed by atoms with E-state index in [0.717, 1.165) is 30.8 Å². The molecule has 18 heavy (non-hydrogen) atoms. The zero-order valence-electron chi connectivity index (χ0n) is 10.7. The molecule has 0 aromatic carbocycles. The molecule has 0 saturated heterocycles. The van der Waals surface area contributed by atoms with Crippen molar-refractivity contribution in [2.24, 2.45) is 0 Å². The van der Waals surface area contributed by atoms with Crippen LogP contribution in [0.1, 0.15) is 37.6 Å². The smallest absolute Gasteiger partial charge is 0.0802 e. The molecule has 0 radical (unpaired) electrons. The van der Waals surface area contributed by atoms with Crippen molar-refractivity contribution in [1.82, 2.24) is 30.5 Å². The summed E-state index contributed by atoms with van der Waals surface area (Å²) in [5.74, 6) is 0. The highest BCUT2D eigenvalue weighted by Crippen LogP contribution is 2.20. The molecule has 2 aromatic rings. The van der Waals surface area contributed by atoms with Crippen LogP contribution >= 0.6 is 0 Å². The van der Waals surface area contributed by atoms with Crippen LogP contribution in [0.15, 0.2) is 24.7 Å². The molecule has 0 aliphatic heterocycles. The maximum absolute atomic E-state index is 4.13. The van der Waals surface area contributed by atoms with Gasteiger partial charge in [0.2, 0.25) is 0 Å². The molecule has 0 amide bonds. The van der Waals surface area contributed by atoms with Gasteiger partial charge in [-0.25, -0.2) is 4.68 Å². The second-order valence-electron chi connectivity index (χ2n) is 4.05. The third-order valence-electron chi connectivity index (χ3n) is 2.73. The maximum Gasteiger partial charge on any atom is 0.0802 e. The highest BCUT2D eigenvalue weighted by molar-refractivity contribution is 5.22. The van der Waals surface area contributed by atoms with E-state index in [-0.39, 0.29) is 6.04 Å². The highest BCUT2D eigenvalue weighted by atomic mass is 15.4. The van der Waals surface area contributed by atoms with Crippen LogP contribution in [0, 0.1) is 0 Å². The van der Waals surface area contributed by atoms with Crippen molar-refractivity contribution in [3.05, 3.63) is 35.9 Å². The zero-order valence-corrected chi connectivity index (χ0v) is 10.7. The summed E-state index contributed by atoms with van der Waals surface area (Å²) in [5.41, 5.74) is 2.14. The molecule has 0 bridgehead atoms. The van der Waals surface area contributed by atoms with Crippen LogP contribution in [0.3, 0.4) is 0 Å². The molecular formula is C12H18N6. The fraction of sp³-hybridized carbons (Fsp3) is 0.500. The van der Waals surface area contributed by atoms with Crippen LogP contribution in [0.25, 0.3) is 0 Å². The van der Waals surface area contributed by atoms with Crippen molar-refractivity contribution in [2.45, 2.75) is 32.9 Å². The maximum atomic E-state index is 4.13. The van der Waals surface area contributed by atoms with E-state index in [9.17, 15) is 0 Å². The van der Waals surface area contributed by atoms with E-state index in [4.69, 9.17) is 0 Å². The van der Waals surface area contributed by atoms with Gasteiger partial charge in [0.25, 0.3) is 0 Å². The molecule has 1 unspecified atom stereocenters. The Bertz CT molecular complexity index is 466. The summed E-state index contributed by atoms with van der Waals surface area (Å²) in [6.45, 7) is 5.94. The standard InChI is InChI=1S/C12H18N6/c1-3-7-18-11(9-16-17-18)12(13-4-2)10-5-6-14-15-8-10/h5-6,8-9,12-13H,3-4,7H2,1-2H3. The Morgan fingerprint density at radius 3 is 2.78 bits per heavy atom. The van der Waals surface area contributed by atoms with Crippen LogP contribution in [0.4, 0.5) is 0 Å². The lowest BCUT2D eigenvalue weighted by Gasteiger charge is -2.18. The lowest BCUT2D eigenvalue weighted by molar-refractivity contribution is 0.510. The van der Waals surface area contributed by atoms with Crippen molar-refractivity contribution >= 4 is 0 Å². The van der Waals surface area contributed by atoms with Gasteiger partial charge in [-0.05, 0) is 24.6 Å². The van der Waals surface area contributed by atoms with Gasteiger partial charge >= 0.3 is 0 Å². The predicted molar refractivity (Wildman–Crippen MR) is 67.9 cm³/mol. The minimum atomic E-state index is 0.0621. The van der Waals surface area contributed by atoms with E-state index in [1.165, 1.54) is 0 Å². The topological polar surface area (TPSA) is 68.5 Å². The molecule has 0 fully saturated rings. The Morgan fingerprint density at radius 2 is 2.11 bits per heavy atom. The Labute approximate surface area is 106 Å². The van der Waals surface area contributed by atoms with Gasteiger partial charge in [0, 0.05) is 12.7 Å². The molecule has 0 saturated carbocycles. The second-order valence-corrected chi connectivity index (χ2v) is 4.05. The molecule has 1 N–H and O–H groups in total. The normalized spacial score (nSPS) is 12.6. The van der Waals surface area contributed by atoms with E-state index in [0.29, 0.717) is 0 Å². The first-order chi connectivity index (χ1) is 8.86. The summed E-state index contributed by atoms with van der Waals surface area (Å²) in [5, 5.41) is 19.3. The third-order valence-corrected chi connectivity index (χ3v) is 2.73. The van der Waals surface area contributed by atoms with Gasteiger partial charge in [-0.2, -0.15) is 10.2 Å². The molecule has 0 aliphatic rings. The van der Waals surface area contributed by atoms with E-state index in [1.807, 2.05) is 16.9 Å². The summed E-state index contributed by atoms with van der Waals surface area (Å²) in [4.78, 5) is 0. The van der Waals surface area contributed by atoms with Crippen LogP contribution in [0.5, 0.6) is 0 Å². The lowest BCUT2D eigenvalue weighted by atomic mass is 10.1. The van der Waals surface area contributed by atoms with Crippen LogP contribution in [0.2, 0.25) is 0 Å². The molecule has 0 aliphatic carbocycles. The number of nitrogens with zero attached hydrogens (tertiary/aromatic N) is 5. The predicted octanol–water partition coefficient (Wildman–Crippen LogP) is 1.18. The Hall–Kier alpha value is -1.82. The van der Waals surface area contributed by atoms with Crippen molar-refractivity contribution < 1.29 is 0 Å². The van der Waals surface area contributed by atoms with Gasteiger partial charge in [-0.1, -0.05) is 19.1 Å². The summed E-state index contributed by atoms with van der Waals surface area (Å²) in [6.07, 6.45) is 6.32. The monoisotopic (exact) mass is 246 g/mol. The van der Waals surface area contributed by atoms with Gasteiger partial charge in [0.15, 0.2) is 0 Å². The summed E-state index contributed by atoms with van der Waals surface area (Å²) in [6, 6.07) is 2.02. The Morgan fingerprint density at radius 1 is 1.22 bits per heavy atom. The van der Waals surface area contributed by atoms with Crippen LogP contribution in [-0.4, -0.2) is 31.7 Å². The highest BCUT2D eigenvalue weighted by Gasteiger charge is 2.18. The first kappa shape index (κ1) is 12.6. The van der Waals surface area contributed by atoms with Crippen molar-refractivity contribution in [3.8, 4) is 0 Å². The molecule has 2 aromatic heterocycles. The van der Waals surface area contributed by atoms with Gasteiger partial charge in [-0.15, -0.1) is 5.10 Å². The number of nitrogens with one attached hydrogen (secondary N) is 1. The minimum Gasteiger partial charge on any atom is -0.305 e. The quantitative estimate of drug-likeness (QED) is 0.828. The molecule has 2 rings (SSSR count). The fourth-order valence-electron chi connectivity index (χ4n) is 1.94. The number of hydrogen-bond acceptors (Lipinski definition) is 5. The van der Waals surface area contributed by atoms with Crippen molar-refractivity contribution in [2.75, 3.05) is 6.54 Å². The van der Waals surface area contributed by atoms with Gasteiger partial charge in [0.05, 0.1) is 24.1 Å². The zero-order chi connectivity index (χ0) is 12.8. The van der Waals surface area contributed by atoms with E-state index in [1.54, 1.807) is 12.4 Å². The number of aryl methyl sites for hydroxylation is 1. The SMILES string of the molecule is CCCn1nncc1C(NCC)c1ccnnc1. The first-order valence-corrected chi connectivity index (χ1v) is 6.25. The molecular weight excluding hydrogens is 228 g/mol. The molecule has 2 heterocycles. The van der Waals surface area contributed by atoms with E-state index in [2.05, 4.69) is 39.7 Å². The third kappa shape index (κ3) is 2.70. The molecule has 6 heteroatoms. The molecule has 6 nitrogen and oxygen atoms in total. The summed E-state index contributed by atoms with van der Waals surface area (Å²) < 4.78 is 1.94. The summed E-state index contributed by atoms with van der Waals surface area (Å²) in [7, 11) is 0. The van der Waals surface area contributed by atoms with E-state index >= 15 is 0 Å². The van der Waals surface area contributed by atoms with Gasteiger partial charge in [0.1, 0.15) is 0 Å². The number of aromatic nitrogens is 5. The fourth-order valence-corrected chi connectivity index (χ4v) is 1.94. The van der Waals surface area contributed by atoms with Crippen LogP contribution in [-0.2, 0) is 6.54 Å². The average Bonchev–Trinajstić information content (AvgIpc) is 2.85. The molecule has 1 atom stereocenters. The van der Waals surface area contributed by atoms with Crippen molar-refractivity contribution in [1.29, 1.82) is 0 Å². The largest absolute Gasteiger partial charge is 0.305 e. The second kappa shape index (κ2) is 6.20. The molecule has 96 valence electrons. The lowest BCUT2D eigenvalue weighted by Crippen LogP contribution is -2.25. The molecule has 0 spiro atoms. The first-order valence-electron chi connectivity index (χ1n) is 6.25. The Balaban J connectivity index is 2.32. The van der Waals surface area contributed by atoms with Gasteiger partial charge in [-0.3, -0.25) is 0 Å². The van der Waals surface area contributed by atoms with Gasteiger partial charge < -0.3 is 5.32 Å². The average molecular weight is 246 g/mol.